The fourth-order valence-electron chi connectivity index (χ4n) is 2.77. The summed E-state index contributed by atoms with van der Waals surface area (Å²) in [4.78, 5) is 14.1. The number of hydrogen-bond donors (Lipinski definition) is 0. The Morgan fingerprint density at radius 3 is 2.54 bits per heavy atom. The predicted molar refractivity (Wildman–Crippen MR) is 93.6 cm³/mol. The first-order valence-corrected chi connectivity index (χ1v) is 8.32. The van der Waals surface area contributed by atoms with Crippen molar-refractivity contribution < 1.29 is 14.3 Å². The van der Waals surface area contributed by atoms with Crippen molar-refractivity contribution in [3.8, 4) is 11.5 Å². The first-order chi connectivity index (χ1) is 11.5. The van der Waals surface area contributed by atoms with E-state index < -0.39 is 5.60 Å². The van der Waals surface area contributed by atoms with E-state index in [0.29, 0.717) is 23.9 Å². The minimum absolute atomic E-state index is 0.0257. The van der Waals surface area contributed by atoms with Crippen molar-refractivity contribution in [1.82, 2.24) is 4.90 Å². The molecule has 0 spiro atoms. The molecule has 1 aliphatic rings. The highest BCUT2D eigenvalue weighted by atomic mass is 35.5. The summed E-state index contributed by atoms with van der Waals surface area (Å²) in [5, 5.41) is 0.675. The van der Waals surface area contributed by atoms with Crippen LogP contribution in [0, 0.1) is 0 Å². The van der Waals surface area contributed by atoms with E-state index in [4.69, 9.17) is 21.1 Å². The number of carbonyl (C=O) groups excluding carboxylic acids is 1. The predicted octanol–water partition coefficient (Wildman–Crippen LogP) is 3.79. The molecule has 1 atom stereocenters. The zero-order valence-electron chi connectivity index (χ0n) is 13.6. The SMILES string of the molecule is CC1(Oc2ccc(Cl)cc2)CCN(C(=O)COc2ccccc2)C1. The minimum atomic E-state index is -0.393. The molecule has 0 bridgehead atoms. The molecule has 4 nitrogen and oxygen atoms in total. The Morgan fingerprint density at radius 1 is 1.12 bits per heavy atom. The van der Waals surface area contributed by atoms with Crippen LogP contribution >= 0.6 is 11.6 Å². The van der Waals surface area contributed by atoms with Gasteiger partial charge in [-0.1, -0.05) is 29.8 Å². The van der Waals surface area contributed by atoms with Gasteiger partial charge in [0.2, 0.25) is 0 Å². The van der Waals surface area contributed by atoms with E-state index in [0.717, 1.165) is 12.2 Å². The van der Waals surface area contributed by atoms with Crippen LogP contribution in [0.2, 0.25) is 5.02 Å². The first kappa shape index (κ1) is 16.7. The van der Waals surface area contributed by atoms with Gasteiger partial charge in [-0.05, 0) is 43.3 Å². The van der Waals surface area contributed by atoms with E-state index in [9.17, 15) is 4.79 Å². The molecule has 3 rings (SSSR count). The largest absolute Gasteiger partial charge is 0.486 e. The molecule has 0 saturated carbocycles. The molecule has 0 aromatic heterocycles. The van der Waals surface area contributed by atoms with E-state index >= 15 is 0 Å². The Hall–Kier alpha value is -2.20. The molecule has 24 heavy (non-hydrogen) atoms. The number of ether oxygens (including phenoxy) is 2. The molecule has 126 valence electrons. The number of para-hydroxylation sites is 1. The summed E-state index contributed by atoms with van der Waals surface area (Å²) in [6.07, 6.45) is 0.784. The van der Waals surface area contributed by atoms with Gasteiger partial charge in [-0.2, -0.15) is 0 Å². The Morgan fingerprint density at radius 2 is 1.83 bits per heavy atom. The summed E-state index contributed by atoms with van der Waals surface area (Å²) >= 11 is 5.89. The number of likely N-dealkylation sites (tertiary alicyclic amines) is 1. The molecule has 1 aliphatic heterocycles. The lowest BCUT2D eigenvalue weighted by Gasteiger charge is -2.26. The number of amides is 1. The van der Waals surface area contributed by atoms with Crippen LogP contribution in [0.25, 0.3) is 0 Å². The first-order valence-electron chi connectivity index (χ1n) is 7.94. The van der Waals surface area contributed by atoms with Gasteiger partial charge in [0.1, 0.15) is 17.1 Å². The third-order valence-corrected chi connectivity index (χ3v) is 4.32. The maximum Gasteiger partial charge on any atom is 0.260 e. The van der Waals surface area contributed by atoms with Gasteiger partial charge in [0.15, 0.2) is 6.61 Å². The van der Waals surface area contributed by atoms with Crippen molar-refractivity contribution in [2.45, 2.75) is 18.9 Å². The molecule has 2 aromatic carbocycles. The number of hydrogen-bond acceptors (Lipinski definition) is 3. The number of carbonyl (C=O) groups is 1. The van der Waals surface area contributed by atoms with E-state index in [1.165, 1.54) is 0 Å². The fourth-order valence-corrected chi connectivity index (χ4v) is 2.90. The van der Waals surface area contributed by atoms with E-state index in [1.54, 1.807) is 17.0 Å². The fraction of sp³-hybridized carbons (Fsp3) is 0.316. The Labute approximate surface area is 146 Å². The summed E-state index contributed by atoms with van der Waals surface area (Å²) in [7, 11) is 0. The quantitative estimate of drug-likeness (QED) is 0.827. The molecule has 1 amide bonds. The van der Waals surface area contributed by atoms with Crippen molar-refractivity contribution in [2.75, 3.05) is 19.7 Å². The van der Waals surface area contributed by atoms with Crippen LogP contribution in [-0.2, 0) is 4.79 Å². The Kier molecular flexibility index (Phi) is 4.95. The normalized spacial score (nSPS) is 20.0. The molecule has 1 fully saturated rings. The maximum absolute atomic E-state index is 12.3. The highest BCUT2D eigenvalue weighted by Gasteiger charge is 2.38. The van der Waals surface area contributed by atoms with Gasteiger partial charge in [-0.3, -0.25) is 4.79 Å². The summed E-state index contributed by atoms with van der Waals surface area (Å²) in [6, 6.07) is 16.6. The van der Waals surface area contributed by atoms with Gasteiger partial charge in [0, 0.05) is 18.0 Å². The van der Waals surface area contributed by atoms with E-state index in [-0.39, 0.29) is 12.5 Å². The molecular weight excluding hydrogens is 326 g/mol. The van der Waals surface area contributed by atoms with Crippen LogP contribution in [0.1, 0.15) is 13.3 Å². The minimum Gasteiger partial charge on any atom is -0.486 e. The lowest BCUT2D eigenvalue weighted by Crippen LogP contribution is -2.39. The number of halogens is 1. The summed E-state index contributed by atoms with van der Waals surface area (Å²) in [5.74, 6) is 1.43. The molecule has 1 heterocycles. The zero-order chi connectivity index (χ0) is 17.0. The third-order valence-electron chi connectivity index (χ3n) is 4.07. The highest BCUT2D eigenvalue weighted by Crippen LogP contribution is 2.28. The Bertz CT molecular complexity index is 690. The Balaban J connectivity index is 1.53. The molecular formula is C19H20ClNO3. The number of benzene rings is 2. The monoisotopic (exact) mass is 345 g/mol. The van der Waals surface area contributed by atoms with Crippen molar-refractivity contribution in [3.05, 3.63) is 59.6 Å². The van der Waals surface area contributed by atoms with Crippen LogP contribution in [0.5, 0.6) is 11.5 Å². The number of rotatable bonds is 5. The molecule has 0 aliphatic carbocycles. The van der Waals surface area contributed by atoms with Crippen molar-refractivity contribution in [2.24, 2.45) is 0 Å². The lowest BCUT2D eigenvalue weighted by atomic mass is 10.1. The standard InChI is InChI=1S/C19H20ClNO3/c1-19(24-17-9-7-15(20)8-10-17)11-12-21(14-19)18(22)13-23-16-5-3-2-4-6-16/h2-10H,11-14H2,1H3. The van der Waals surface area contributed by atoms with Crippen LogP contribution < -0.4 is 9.47 Å². The van der Waals surface area contributed by atoms with Crippen molar-refractivity contribution >= 4 is 17.5 Å². The van der Waals surface area contributed by atoms with Crippen LogP contribution in [0.4, 0.5) is 0 Å². The van der Waals surface area contributed by atoms with Gasteiger partial charge < -0.3 is 14.4 Å². The average molecular weight is 346 g/mol. The summed E-state index contributed by atoms with van der Waals surface area (Å²) in [5.41, 5.74) is -0.393. The topological polar surface area (TPSA) is 38.8 Å². The van der Waals surface area contributed by atoms with Gasteiger partial charge in [-0.15, -0.1) is 0 Å². The molecule has 2 aromatic rings. The molecule has 1 saturated heterocycles. The molecule has 0 radical (unpaired) electrons. The van der Waals surface area contributed by atoms with Crippen LogP contribution in [0.3, 0.4) is 0 Å². The number of nitrogens with zero attached hydrogens (tertiary/aromatic N) is 1. The maximum atomic E-state index is 12.3. The molecule has 1 unspecified atom stereocenters. The average Bonchev–Trinajstić information content (AvgIpc) is 2.98. The smallest absolute Gasteiger partial charge is 0.260 e. The molecule has 5 heteroatoms. The highest BCUT2D eigenvalue weighted by molar-refractivity contribution is 6.30. The van der Waals surface area contributed by atoms with Crippen molar-refractivity contribution in [1.29, 1.82) is 0 Å². The summed E-state index contributed by atoms with van der Waals surface area (Å²) in [6.45, 7) is 3.28. The second-order valence-electron chi connectivity index (χ2n) is 6.17. The van der Waals surface area contributed by atoms with E-state index in [1.807, 2.05) is 49.4 Å². The van der Waals surface area contributed by atoms with Crippen LogP contribution in [-0.4, -0.2) is 36.1 Å². The van der Waals surface area contributed by atoms with Crippen LogP contribution in [0.15, 0.2) is 54.6 Å². The second kappa shape index (κ2) is 7.14. The van der Waals surface area contributed by atoms with Gasteiger partial charge >= 0.3 is 0 Å². The van der Waals surface area contributed by atoms with E-state index in [2.05, 4.69) is 0 Å². The summed E-state index contributed by atoms with van der Waals surface area (Å²) < 4.78 is 11.6. The van der Waals surface area contributed by atoms with Gasteiger partial charge in [0.25, 0.3) is 5.91 Å². The van der Waals surface area contributed by atoms with Gasteiger partial charge in [0.05, 0.1) is 6.54 Å². The zero-order valence-corrected chi connectivity index (χ0v) is 14.3. The van der Waals surface area contributed by atoms with Crippen molar-refractivity contribution in [3.63, 3.8) is 0 Å². The lowest BCUT2D eigenvalue weighted by molar-refractivity contribution is -0.133. The molecule has 0 N–H and O–H groups in total. The van der Waals surface area contributed by atoms with Gasteiger partial charge in [-0.25, -0.2) is 0 Å². The third kappa shape index (κ3) is 4.20. The second-order valence-corrected chi connectivity index (χ2v) is 6.61.